The quantitative estimate of drug-likeness (QED) is 0.541. The van der Waals surface area contributed by atoms with Crippen LogP contribution in [0.3, 0.4) is 0 Å². The zero-order valence-corrected chi connectivity index (χ0v) is 11.8. The maximum atomic E-state index is 11.1. The summed E-state index contributed by atoms with van der Waals surface area (Å²) >= 11 is 0. The summed E-state index contributed by atoms with van der Waals surface area (Å²) in [6.07, 6.45) is 1.97. The maximum absolute atomic E-state index is 11.1. The summed E-state index contributed by atoms with van der Waals surface area (Å²) in [7, 11) is 0. The second-order valence-corrected chi connectivity index (χ2v) is 5.19. The fourth-order valence-electron chi connectivity index (χ4n) is 2.91. The van der Waals surface area contributed by atoms with Gasteiger partial charge in [-0.2, -0.15) is 0 Å². The van der Waals surface area contributed by atoms with E-state index in [-0.39, 0.29) is 17.4 Å². The number of nitro groups is 1. The molecule has 0 aliphatic heterocycles. The van der Waals surface area contributed by atoms with E-state index in [0.717, 1.165) is 22.3 Å². The van der Waals surface area contributed by atoms with Gasteiger partial charge in [0.2, 0.25) is 6.54 Å². The molecule has 3 aromatic rings. The predicted molar refractivity (Wildman–Crippen MR) is 82.3 cm³/mol. The molecule has 106 valence electrons. The van der Waals surface area contributed by atoms with Crippen molar-refractivity contribution >= 4 is 5.52 Å². The molecule has 0 unspecified atom stereocenters. The third kappa shape index (κ3) is 2.52. The molecule has 0 fully saturated rings. The number of aromatic nitrogens is 1. The van der Waals surface area contributed by atoms with Gasteiger partial charge in [0.1, 0.15) is 0 Å². The second kappa shape index (κ2) is 5.40. The Labute approximate surface area is 122 Å². The summed E-state index contributed by atoms with van der Waals surface area (Å²) in [5.41, 5.74) is 4.11. The Morgan fingerprint density at radius 2 is 1.86 bits per heavy atom. The average molecular weight is 280 g/mol. The molecule has 0 saturated carbocycles. The molecule has 2 heterocycles. The highest BCUT2D eigenvalue weighted by Crippen LogP contribution is 2.29. The lowest BCUT2D eigenvalue weighted by molar-refractivity contribution is -0.482. The molecule has 0 amide bonds. The molecule has 0 aliphatic carbocycles. The minimum Gasteiger partial charge on any atom is -0.320 e. The first-order chi connectivity index (χ1) is 10.2. The summed E-state index contributed by atoms with van der Waals surface area (Å²) in [5, 5.41) is 11.1. The van der Waals surface area contributed by atoms with Crippen LogP contribution >= 0.6 is 0 Å². The third-order valence-electron chi connectivity index (χ3n) is 3.78. The van der Waals surface area contributed by atoms with Gasteiger partial charge in [-0.05, 0) is 36.2 Å². The Hall–Kier alpha value is -2.62. The smallest absolute Gasteiger partial charge is 0.216 e. The minimum absolute atomic E-state index is 0.105. The molecule has 0 saturated heterocycles. The molecule has 0 aliphatic rings. The van der Waals surface area contributed by atoms with Crippen molar-refractivity contribution in [1.29, 1.82) is 0 Å². The number of hydrogen-bond acceptors (Lipinski definition) is 2. The third-order valence-corrected chi connectivity index (χ3v) is 3.78. The van der Waals surface area contributed by atoms with E-state index in [1.54, 1.807) is 0 Å². The Balaban J connectivity index is 2.19. The first-order valence-electron chi connectivity index (χ1n) is 6.90. The van der Waals surface area contributed by atoms with Gasteiger partial charge in [0.05, 0.1) is 5.92 Å². The molecule has 3 rings (SSSR count). The number of fused-ring (bicyclic) bond motifs is 1. The van der Waals surface area contributed by atoms with Crippen molar-refractivity contribution in [3.05, 3.63) is 87.7 Å². The van der Waals surface area contributed by atoms with Gasteiger partial charge in [0.15, 0.2) is 0 Å². The number of aryl methyl sites for hydroxylation is 1. The second-order valence-electron chi connectivity index (χ2n) is 5.19. The van der Waals surface area contributed by atoms with Crippen molar-refractivity contribution in [3.63, 3.8) is 0 Å². The Morgan fingerprint density at radius 1 is 1.14 bits per heavy atom. The van der Waals surface area contributed by atoms with E-state index in [1.807, 2.05) is 61.7 Å². The molecule has 0 N–H and O–H groups in total. The zero-order chi connectivity index (χ0) is 14.8. The standard InChI is InChI=1S/C17H16N2O2/c1-13-11-15-9-5-6-10-18(15)17(13)16(12-19(20)21)14-7-3-2-4-8-14/h2-11,16H,12H2,1H3/t16-/m0/s1. The molecule has 0 bridgehead atoms. The molecular formula is C17H16N2O2. The number of benzene rings is 1. The topological polar surface area (TPSA) is 47.5 Å². The zero-order valence-electron chi connectivity index (χ0n) is 11.8. The van der Waals surface area contributed by atoms with Crippen molar-refractivity contribution in [2.24, 2.45) is 0 Å². The summed E-state index contributed by atoms with van der Waals surface area (Å²) in [6, 6.07) is 17.7. The lowest BCUT2D eigenvalue weighted by atomic mass is 9.93. The van der Waals surface area contributed by atoms with Gasteiger partial charge in [0, 0.05) is 22.3 Å². The van der Waals surface area contributed by atoms with Crippen LogP contribution in [0.4, 0.5) is 0 Å². The van der Waals surface area contributed by atoms with Gasteiger partial charge in [-0.15, -0.1) is 0 Å². The van der Waals surface area contributed by atoms with Crippen LogP contribution < -0.4 is 0 Å². The molecule has 0 radical (unpaired) electrons. The van der Waals surface area contributed by atoms with Gasteiger partial charge < -0.3 is 4.40 Å². The highest BCUT2D eigenvalue weighted by molar-refractivity contribution is 5.55. The molecule has 1 atom stereocenters. The minimum atomic E-state index is -0.244. The SMILES string of the molecule is Cc1cc2ccccn2c1[C@@H](C[N+](=O)[O-])c1ccccc1. The van der Waals surface area contributed by atoms with Gasteiger partial charge in [-0.1, -0.05) is 36.4 Å². The molecule has 21 heavy (non-hydrogen) atoms. The normalized spacial score (nSPS) is 12.4. The van der Waals surface area contributed by atoms with Crippen molar-refractivity contribution in [2.75, 3.05) is 6.54 Å². The highest BCUT2D eigenvalue weighted by atomic mass is 16.6. The van der Waals surface area contributed by atoms with Crippen LogP contribution in [0.15, 0.2) is 60.8 Å². The first kappa shape index (κ1) is 13.4. The molecule has 1 aromatic carbocycles. The van der Waals surface area contributed by atoms with Crippen LogP contribution in [0, 0.1) is 17.0 Å². The van der Waals surface area contributed by atoms with Crippen molar-refractivity contribution in [3.8, 4) is 0 Å². The maximum Gasteiger partial charge on any atom is 0.216 e. The number of nitrogens with zero attached hydrogens (tertiary/aromatic N) is 2. The van der Waals surface area contributed by atoms with Crippen LogP contribution in [0.25, 0.3) is 5.52 Å². The number of pyridine rings is 1. The largest absolute Gasteiger partial charge is 0.320 e. The molecular weight excluding hydrogens is 264 g/mol. The molecule has 2 aromatic heterocycles. The van der Waals surface area contributed by atoms with E-state index < -0.39 is 0 Å². The Kier molecular flexibility index (Phi) is 3.44. The van der Waals surface area contributed by atoms with Gasteiger partial charge in [0.25, 0.3) is 0 Å². The van der Waals surface area contributed by atoms with E-state index in [1.165, 1.54) is 0 Å². The highest BCUT2D eigenvalue weighted by Gasteiger charge is 2.24. The van der Waals surface area contributed by atoms with E-state index in [4.69, 9.17) is 0 Å². The Morgan fingerprint density at radius 3 is 2.57 bits per heavy atom. The fraction of sp³-hybridized carbons (Fsp3) is 0.176. The summed E-state index contributed by atoms with van der Waals surface area (Å²) in [6.45, 7) is 1.91. The Bertz CT molecular complexity index is 778. The van der Waals surface area contributed by atoms with Crippen molar-refractivity contribution in [1.82, 2.24) is 4.40 Å². The van der Waals surface area contributed by atoms with E-state index in [0.29, 0.717) is 0 Å². The lowest BCUT2D eigenvalue weighted by Gasteiger charge is -2.15. The van der Waals surface area contributed by atoms with Crippen LogP contribution in [-0.2, 0) is 0 Å². The van der Waals surface area contributed by atoms with E-state index in [2.05, 4.69) is 10.5 Å². The lowest BCUT2D eigenvalue weighted by Crippen LogP contribution is -2.16. The molecule has 0 spiro atoms. The predicted octanol–water partition coefficient (Wildman–Crippen LogP) is 3.66. The van der Waals surface area contributed by atoms with Crippen molar-refractivity contribution < 1.29 is 4.92 Å². The van der Waals surface area contributed by atoms with Crippen LogP contribution in [0.5, 0.6) is 0 Å². The van der Waals surface area contributed by atoms with Crippen molar-refractivity contribution in [2.45, 2.75) is 12.8 Å². The summed E-state index contributed by atoms with van der Waals surface area (Å²) < 4.78 is 2.05. The summed E-state index contributed by atoms with van der Waals surface area (Å²) in [4.78, 5) is 10.9. The van der Waals surface area contributed by atoms with E-state index >= 15 is 0 Å². The summed E-state index contributed by atoms with van der Waals surface area (Å²) in [5.74, 6) is -0.244. The van der Waals surface area contributed by atoms with Gasteiger partial charge in [-0.3, -0.25) is 10.1 Å². The van der Waals surface area contributed by atoms with Crippen LogP contribution in [0.1, 0.15) is 22.7 Å². The monoisotopic (exact) mass is 280 g/mol. The average Bonchev–Trinajstić information content (AvgIpc) is 2.81. The molecule has 4 heteroatoms. The van der Waals surface area contributed by atoms with Gasteiger partial charge >= 0.3 is 0 Å². The van der Waals surface area contributed by atoms with E-state index in [9.17, 15) is 10.1 Å². The fourth-order valence-corrected chi connectivity index (χ4v) is 2.91. The first-order valence-corrected chi connectivity index (χ1v) is 6.90. The molecule has 4 nitrogen and oxygen atoms in total. The van der Waals surface area contributed by atoms with Crippen LogP contribution in [0.2, 0.25) is 0 Å². The number of hydrogen-bond donors (Lipinski definition) is 0. The van der Waals surface area contributed by atoms with Crippen LogP contribution in [-0.4, -0.2) is 15.9 Å². The number of rotatable bonds is 4. The van der Waals surface area contributed by atoms with Gasteiger partial charge in [-0.25, -0.2) is 0 Å².